The van der Waals surface area contributed by atoms with Crippen LogP contribution in [-0.4, -0.2) is 40.6 Å². The smallest absolute Gasteiger partial charge is 0.326 e. The number of esters is 1. The van der Waals surface area contributed by atoms with Crippen molar-refractivity contribution in [3.63, 3.8) is 0 Å². The molecule has 1 aliphatic rings. The molecule has 1 aromatic heterocycles. The fraction of sp³-hybridized carbons (Fsp3) is 0.579. The summed E-state index contributed by atoms with van der Waals surface area (Å²) in [7, 11) is 4.01. The molecule has 1 saturated carbocycles. The maximum Gasteiger partial charge on any atom is 0.326 e. The lowest BCUT2D eigenvalue weighted by molar-refractivity contribution is -0.151. The Bertz CT molecular complexity index is 700. The van der Waals surface area contributed by atoms with Gasteiger partial charge in [0.1, 0.15) is 18.5 Å². The number of nitrogens with zero attached hydrogens (tertiary/aromatic N) is 3. The number of benzene rings is 1. The number of fused-ring (bicyclic) bond motifs is 1. The molecule has 0 aliphatic heterocycles. The minimum atomic E-state index is -0.155. The quantitative estimate of drug-likeness (QED) is 0.790. The Kier molecular flexibility index (Phi) is 5.19. The molecule has 3 rings (SSSR count). The third kappa shape index (κ3) is 3.96. The van der Waals surface area contributed by atoms with Crippen molar-refractivity contribution in [1.29, 1.82) is 0 Å². The van der Waals surface area contributed by atoms with E-state index in [4.69, 9.17) is 4.74 Å². The molecule has 1 heterocycles. The number of carbonyl (C=O) groups excluding carboxylic acids is 1. The molecule has 0 amide bonds. The van der Waals surface area contributed by atoms with Gasteiger partial charge in [-0.05, 0) is 57.8 Å². The lowest BCUT2D eigenvalue weighted by atomic mass is 9.89. The minimum Gasteiger partial charge on any atom is -0.461 e. The van der Waals surface area contributed by atoms with Crippen molar-refractivity contribution in [3.8, 4) is 0 Å². The van der Waals surface area contributed by atoms with Crippen LogP contribution in [0.1, 0.15) is 38.4 Å². The summed E-state index contributed by atoms with van der Waals surface area (Å²) in [6.45, 7) is 3.20. The predicted molar refractivity (Wildman–Crippen MR) is 94.6 cm³/mol. The Labute approximate surface area is 143 Å². The zero-order valence-electron chi connectivity index (χ0n) is 14.9. The molecule has 0 atom stereocenters. The van der Waals surface area contributed by atoms with E-state index in [1.807, 2.05) is 42.9 Å². The van der Waals surface area contributed by atoms with E-state index in [1.165, 1.54) is 0 Å². The van der Waals surface area contributed by atoms with E-state index in [0.717, 1.165) is 48.5 Å². The van der Waals surface area contributed by atoms with Gasteiger partial charge in [-0.1, -0.05) is 19.1 Å². The fourth-order valence-electron chi connectivity index (χ4n) is 3.40. The van der Waals surface area contributed by atoms with Crippen LogP contribution >= 0.6 is 0 Å². The number of ether oxygens (including phenoxy) is 1. The molecule has 0 radical (unpaired) electrons. The van der Waals surface area contributed by atoms with Crippen LogP contribution in [0, 0.1) is 5.92 Å². The third-order valence-corrected chi connectivity index (χ3v) is 4.74. The molecule has 0 spiro atoms. The second kappa shape index (κ2) is 7.34. The highest BCUT2D eigenvalue weighted by Gasteiger charge is 2.22. The molecule has 0 bridgehead atoms. The summed E-state index contributed by atoms with van der Waals surface area (Å²) in [6, 6.07) is 7.95. The highest BCUT2D eigenvalue weighted by Crippen LogP contribution is 2.26. The van der Waals surface area contributed by atoms with Gasteiger partial charge in [0.05, 0.1) is 17.6 Å². The third-order valence-electron chi connectivity index (χ3n) is 4.74. The number of aromatic nitrogens is 2. The van der Waals surface area contributed by atoms with Gasteiger partial charge < -0.3 is 14.2 Å². The lowest BCUT2D eigenvalue weighted by Gasteiger charge is -2.26. The highest BCUT2D eigenvalue weighted by atomic mass is 16.5. The van der Waals surface area contributed by atoms with Gasteiger partial charge in [-0.3, -0.25) is 4.79 Å². The predicted octanol–water partition coefficient (Wildman–Crippen LogP) is 3.22. The van der Waals surface area contributed by atoms with Crippen molar-refractivity contribution in [1.82, 2.24) is 14.5 Å². The number of para-hydroxylation sites is 2. The van der Waals surface area contributed by atoms with Crippen LogP contribution in [0.3, 0.4) is 0 Å². The zero-order chi connectivity index (χ0) is 17.1. The number of carbonyl (C=O) groups is 1. The molecule has 130 valence electrons. The molecule has 5 heteroatoms. The molecule has 24 heavy (non-hydrogen) atoms. The van der Waals surface area contributed by atoms with Crippen molar-refractivity contribution >= 4 is 17.0 Å². The first-order valence-electron chi connectivity index (χ1n) is 8.81. The van der Waals surface area contributed by atoms with E-state index in [0.29, 0.717) is 6.54 Å². The Balaban J connectivity index is 1.74. The van der Waals surface area contributed by atoms with Gasteiger partial charge in [0.25, 0.3) is 0 Å². The van der Waals surface area contributed by atoms with Gasteiger partial charge in [0.2, 0.25) is 0 Å². The largest absolute Gasteiger partial charge is 0.461 e. The molecular weight excluding hydrogens is 302 g/mol. The summed E-state index contributed by atoms with van der Waals surface area (Å²) in [4.78, 5) is 19.2. The molecule has 5 nitrogen and oxygen atoms in total. The van der Waals surface area contributed by atoms with E-state index in [-0.39, 0.29) is 18.6 Å². The van der Waals surface area contributed by atoms with Crippen LogP contribution in [0.2, 0.25) is 0 Å². The van der Waals surface area contributed by atoms with E-state index in [9.17, 15) is 4.79 Å². The van der Waals surface area contributed by atoms with Gasteiger partial charge in [0, 0.05) is 0 Å². The number of rotatable bonds is 5. The van der Waals surface area contributed by atoms with Gasteiger partial charge in [0.15, 0.2) is 0 Å². The number of hydrogen-bond acceptors (Lipinski definition) is 4. The Hall–Kier alpha value is -1.88. The van der Waals surface area contributed by atoms with Crippen molar-refractivity contribution in [2.75, 3.05) is 14.1 Å². The van der Waals surface area contributed by atoms with E-state index >= 15 is 0 Å². The molecule has 0 N–H and O–H groups in total. The van der Waals surface area contributed by atoms with Crippen molar-refractivity contribution in [3.05, 3.63) is 30.1 Å². The summed E-state index contributed by atoms with van der Waals surface area (Å²) in [5.74, 6) is 1.50. The van der Waals surface area contributed by atoms with Crippen LogP contribution < -0.4 is 0 Å². The van der Waals surface area contributed by atoms with Crippen molar-refractivity contribution < 1.29 is 9.53 Å². The number of hydrogen-bond donors (Lipinski definition) is 0. The van der Waals surface area contributed by atoms with Crippen molar-refractivity contribution in [2.45, 2.75) is 51.8 Å². The van der Waals surface area contributed by atoms with Gasteiger partial charge in [-0.15, -0.1) is 0 Å². The Morgan fingerprint density at radius 3 is 2.67 bits per heavy atom. The molecule has 1 fully saturated rings. The van der Waals surface area contributed by atoms with Gasteiger partial charge in [-0.25, -0.2) is 4.98 Å². The zero-order valence-corrected chi connectivity index (χ0v) is 14.9. The van der Waals surface area contributed by atoms with E-state index in [1.54, 1.807) is 0 Å². The average molecular weight is 329 g/mol. The Morgan fingerprint density at radius 2 is 1.96 bits per heavy atom. The molecule has 1 aromatic carbocycles. The summed E-state index contributed by atoms with van der Waals surface area (Å²) in [5.41, 5.74) is 1.91. The van der Waals surface area contributed by atoms with E-state index in [2.05, 4.69) is 16.8 Å². The van der Waals surface area contributed by atoms with Gasteiger partial charge in [-0.2, -0.15) is 0 Å². The Morgan fingerprint density at radius 1 is 1.25 bits per heavy atom. The highest BCUT2D eigenvalue weighted by molar-refractivity contribution is 5.79. The minimum absolute atomic E-state index is 0.0841. The van der Waals surface area contributed by atoms with Crippen LogP contribution in [0.15, 0.2) is 24.3 Å². The summed E-state index contributed by atoms with van der Waals surface area (Å²) in [5, 5.41) is 0. The second-order valence-corrected chi connectivity index (χ2v) is 7.21. The average Bonchev–Trinajstić information content (AvgIpc) is 2.86. The maximum atomic E-state index is 12.5. The first kappa shape index (κ1) is 17.0. The molecule has 0 saturated heterocycles. The summed E-state index contributed by atoms with van der Waals surface area (Å²) >= 11 is 0. The molecule has 0 unspecified atom stereocenters. The van der Waals surface area contributed by atoms with Crippen LogP contribution in [0.5, 0.6) is 0 Å². The molecule has 1 aliphatic carbocycles. The molecule has 2 aromatic rings. The SMILES string of the molecule is CC1CCC(OC(=O)Cn2c(CN(C)C)nc3ccccc32)CC1. The standard InChI is InChI=1S/C19H27N3O2/c1-14-8-10-15(11-9-14)24-19(23)13-22-17-7-5-4-6-16(17)20-18(22)12-21(2)3/h4-7,14-15H,8-13H2,1-3H3. The van der Waals surface area contributed by atoms with Gasteiger partial charge >= 0.3 is 5.97 Å². The van der Waals surface area contributed by atoms with Crippen LogP contribution in [0.25, 0.3) is 11.0 Å². The number of imidazole rings is 1. The monoisotopic (exact) mass is 329 g/mol. The summed E-state index contributed by atoms with van der Waals surface area (Å²) in [6.07, 6.45) is 4.36. The first-order valence-corrected chi connectivity index (χ1v) is 8.81. The first-order chi connectivity index (χ1) is 11.5. The lowest BCUT2D eigenvalue weighted by Crippen LogP contribution is -2.26. The van der Waals surface area contributed by atoms with Crippen LogP contribution in [0.4, 0.5) is 0 Å². The normalized spacial score (nSPS) is 21.3. The van der Waals surface area contributed by atoms with Crippen LogP contribution in [-0.2, 0) is 22.6 Å². The van der Waals surface area contributed by atoms with E-state index < -0.39 is 0 Å². The topological polar surface area (TPSA) is 47.4 Å². The maximum absolute atomic E-state index is 12.5. The summed E-state index contributed by atoms with van der Waals surface area (Å²) < 4.78 is 7.71. The fourth-order valence-corrected chi connectivity index (χ4v) is 3.40. The molecular formula is C19H27N3O2. The van der Waals surface area contributed by atoms with Crippen molar-refractivity contribution in [2.24, 2.45) is 5.92 Å². The second-order valence-electron chi connectivity index (χ2n) is 7.21.